The number of nitrogens with zero attached hydrogens (tertiary/aromatic N) is 3. The van der Waals surface area contributed by atoms with E-state index >= 15 is 0 Å². The Kier molecular flexibility index (Phi) is 2.35. The van der Waals surface area contributed by atoms with E-state index in [2.05, 4.69) is 10.3 Å². The van der Waals surface area contributed by atoms with Gasteiger partial charge in [-0.3, -0.25) is 0 Å². The molecule has 1 aliphatic heterocycles. The minimum Gasteiger partial charge on any atom is -0.301 e. The van der Waals surface area contributed by atoms with Gasteiger partial charge in [0.25, 0.3) is 0 Å². The number of carbonyl (C=O) groups is 1. The van der Waals surface area contributed by atoms with Crippen LogP contribution in [0.1, 0.15) is 12.8 Å². The van der Waals surface area contributed by atoms with Crippen molar-refractivity contribution in [2.24, 2.45) is 0 Å². The van der Waals surface area contributed by atoms with Crippen molar-refractivity contribution in [1.82, 2.24) is 15.0 Å². The lowest BCUT2D eigenvalue weighted by Gasteiger charge is -2.31. The monoisotopic (exact) mass is 197 g/mol. The lowest BCUT2D eigenvalue weighted by molar-refractivity contribution is -0.116. The second-order valence-electron chi connectivity index (χ2n) is 3.18. The quantitative estimate of drug-likeness (QED) is 0.655. The summed E-state index contributed by atoms with van der Waals surface area (Å²) in [6, 6.07) is 0. The van der Waals surface area contributed by atoms with Crippen LogP contribution < -0.4 is 0 Å². The highest BCUT2D eigenvalue weighted by Crippen LogP contribution is 2.30. The van der Waals surface area contributed by atoms with Crippen LogP contribution in [0.15, 0.2) is 12.4 Å². The first kappa shape index (κ1) is 8.74. The van der Waals surface area contributed by atoms with Crippen LogP contribution in [0.3, 0.4) is 0 Å². The molecular formula is C8H11N3OS. The largest absolute Gasteiger partial charge is 0.301 e. The van der Waals surface area contributed by atoms with Gasteiger partial charge in [-0.25, -0.2) is 4.68 Å². The normalized spacial score (nSPS) is 21.2. The van der Waals surface area contributed by atoms with Crippen molar-refractivity contribution in [1.29, 1.82) is 0 Å². The van der Waals surface area contributed by atoms with Crippen LogP contribution in [0.25, 0.3) is 0 Å². The summed E-state index contributed by atoms with van der Waals surface area (Å²) in [5.74, 6) is 2.05. The molecule has 0 aliphatic carbocycles. The number of aromatic nitrogens is 3. The third-order valence-electron chi connectivity index (χ3n) is 2.46. The molecule has 70 valence electrons. The predicted molar refractivity (Wildman–Crippen MR) is 50.6 cm³/mol. The van der Waals surface area contributed by atoms with Crippen molar-refractivity contribution in [2.75, 3.05) is 11.5 Å². The maximum Gasteiger partial charge on any atom is 0.147 e. The van der Waals surface area contributed by atoms with Gasteiger partial charge in [0, 0.05) is 6.20 Å². The minimum atomic E-state index is -0.415. The van der Waals surface area contributed by atoms with Gasteiger partial charge in [0.05, 0.1) is 6.20 Å². The van der Waals surface area contributed by atoms with Gasteiger partial charge < -0.3 is 4.79 Å². The third-order valence-corrected chi connectivity index (χ3v) is 3.44. The fourth-order valence-electron chi connectivity index (χ4n) is 1.57. The predicted octanol–water partition coefficient (Wildman–Crippen LogP) is 0.699. The first-order chi connectivity index (χ1) is 6.37. The number of hydrogen-bond donors (Lipinski definition) is 0. The Hall–Kier alpha value is -0.840. The molecule has 0 unspecified atom stereocenters. The highest BCUT2D eigenvalue weighted by atomic mass is 32.2. The molecule has 0 atom stereocenters. The Morgan fingerprint density at radius 2 is 2.23 bits per heavy atom. The smallest absolute Gasteiger partial charge is 0.147 e. The van der Waals surface area contributed by atoms with Gasteiger partial charge in [-0.15, -0.1) is 5.10 Å². The molecule has 0 amide bonds. The van der Waals surface area contributed by atoms with Gasteiger partial charge in [-0.2, -0.15) is 11.8 Å². The third kappa shape index (κ3) is 1.48. The lowest BCUT2D eigenvalue weighted by Crippen LogP contribution is -2.39. The fraction of sp³-hybridized carbons (Fsp3) is 0.625. The van der Waals surface area contributed by atoms with E-state index < -0.39 is 5.54 Å². The van der Waals surface area contributed by atoms with E-state index in [9.17, 15) is 4.79 Å². The van der Waals surface area contributed by atoms with E-state index in [1.165, 1.54) is 0 Å². The number of hydrogen-bond acceptors (Lipinski definition) is 4. The first-order valence-electron chi connectivity index (χ1n) is 4.28. The SMILES string of the molecule is O=CC1(n2ccnn2)CCSCC1. The molecule has 4 nitrogen and oxygen atoms in total. The standard InChI is InChI=1S/C8H11N3OS/c12-7-8(1-5-13-6-2-8)11-4-3-9-10-11/h3-4,7H,1-2,5-6H2. The number of rotatable bonds is 2. The van der Waals surface area contributed by atoms with Crippen molar-refractivity contribution in [3.05, 3.63) is 12.4 Å². The second-order valence-corrected chi connectivity index (χ2v) is 4.41. The molecule has 1 aromatic heterocycles. The van der Waals surface area contributed by atoms with E-state index in [1.807, 2.05) is 11.8 Å². The van der Waals surface area contributed by atoms with Crippen molar-refractivity contribution >= 4 is 18.0 Å². The zero-order valence-corrected chi connectivity index (χ0v) is 8.04. The van der Waals surface area contributed by atoms with Crippen molar-refractivity contribution in [3.8, 4) is 0 Å². The molecule has 13 heavy (non-hydrogen) atoms. The summed E-state index contributed by atoms with van der Waals surface area (Å²) in [7, 11) is 0. The second kappa shape index (κ2) is 3.49. The Morgan fingerprint density at radius 1 is 1.46 bits per heavy atom. The van der Waals surface area contributed by atoms with E-state index in [4.69, 9.17) is 0 Å². The van der Waals surface area contributed by atoms with Crippen LogP contribution in [-0.4, -0.2) is 32.8 Å². The van der Waals surface area contributed by atoms with Gasteiger partial charge in [-0.1, -0.05) is 5.21 Å². The molecule has 0 N–H and O–H groups in total. The number of aldehydes is 1. The highest BCUT2D eigenvalue weighted by Gasteiger charge is 2.34. The molecule has 1 aliphatic rings. The van der Waals surface area contributed by atoms with E-state index in [1.54, 1.807) is 17.1 Å². The zero-order valence-electron chi connectivity index (χ0n) is 7.22. The van der Waals surface area contributed by atoms with Gasteiger partial charge in [-0.05, 0) is 24.3 Å². The Balaban J connectivity index is 2.28. The Bertz CT molecular complexity index is 280. The van der Waals surface area contributed by atoms with Gasteiger partial charge >= 0.3 is 0 Å². The molecule has 1 saturated heterocycles. The van der Waals surface area contributed by atoms with E-state index in [-0.39, 0.29) is 0 Å². The average Bonchev–Trinajstić information content (AvgIpc) is 2.72. The first-order valence-corrected chi connectivity index (χ1v) is 5.44. The van der Waals surface area contributed by atoms with Crippen molar-refractivity contribution in [2.45, 2.75) is 18.4 Å². The van der Waals surface area contributed by atoms with Gasteiger partial charge in [0.15, 0.2) is 0 Å². The Morgan fingerprint density at radius 3 is 2.77 bits per heavy atom. The molecule has 0 bridgehead atoms. The fourth-order valence-corrected chi connectivity index (χ4v) is 2.77. The molecule has 2 rings (SSSR count). The summed E-state index contributed by atoms with van der Waals surface area (Å²) >= 11 is 1.89. The van der Waals surface area contributed by atoms with Crippen LogP contribution >= 0.6 is 11.8 Å². The molecule has 5 heteroatoms. The summed E-state index contributed by atoms with van der Waals surface area (Å²) in [4.78, 5) is 11.1. The van der Waals surface area contributed by atoms with E-state index in [0.29, 0.717) is 0 Å². The maximum absolute atomic E-state index is 11.1. The van der Waals surface area contributed by atoms with Crippen LogP contribution in [0.2, 0.25) is 0 Å². The number of thioether (sulfide) groups is 1. The van der Waals surface area contributed by atoms with Gasteiger partial charge in [0.2, 0.25) is 0 Å². The molecule has 0 radical (unpaired) electrons. The van der Waals surface area contributed by atoms with Crippen LogP contribution in [-0.2, 0) is 10.3 Å². The maximum atomic E-state index is 11.1. The minimum absolute atomic E-state index is 0.415. The summed E-state index contributed by atoms with van der Waals surface area (Å²) in [5.41, 5.74) is -0.415. The summed E-state index contributed by atoms with van der Waals surface area (Å²) < 4.78 is 1.69. The van der Waals surface area contributed by atoms with Crippen LogP contribution in [0, 0.1) is 0 Å². The molecule has 0 saturated carbocycles. The topological polar surface area (TPSA) is 47.8 Å². The van der Waals surface area contributed by atoms with E-state index in [0.717, 1.165) is 30.6 Å². The number of carbonyl (C=O) groups excluding carboxylic acids is 1. The zero-order chi connectivity index (χ0) is 9.15. The lowest BCUT2D eigenvalue weighted by atomic mass is 9.94. The average molecular weight is 197 g/mol. The molecule has 0 aromatic carbocycles. The van der Waals surface area contributed by atoms with Crippen molar-refractivity contribution in [3.63, 3.8) is 0 Å². The molecule has 1 fully saturated rings. The molecule has 0 spiro atoms. The van der Waals surface area contributed by atoms with Gasteiger partial charge in [0.1, 0.15) is 11.8 Å². The summed E-state index contributed by atoms with van der Waals surface area (Å²) in [6.07, 6.45) is 6.13. The van der Waals surface area contributed by atoms with Crippen LogP contribution in [0.5, 0.6) is 0 Å². The molecule has 2 heterocycles. The van der Waals surface area contributed by atoms with Crippen LogP contribution in [0.4, 0.5) is 0 Å². The molecule has 1 aromatic rings. The Labute approximate surface area is 80.7 Å². The highest BCUT2D eigenvalue weighted by molar-refractivity contribution is 7.99. The van der Waals surface area contributed by atoms with Crippen molar-refractivity contribution < 1.29 is 4.79 Å². The summed E-state index contributed by atoms with van der Waals surface area (Å²) in [5, 5.41) is 7.65. The molecular weight excluding hydrogens is 186 g/mol. The summed E-state index contributed by atoms with van der Waals surface area (Å²) in [6.45, 7) is 0.